The van der Waals surface area contributed by atoms with Gasteiger partial charge in [-0.3, -0.25) is 4.79 Å². The second-order valence-electron chi connectivity index (χ2n) is 6.73. The van der Waals surface area contributed by atoms with Crippen molar-refractivity contribution in [3.05, 3.63) is 77.1 Å². The normalized spacial score (nSPS) is 12.0. The molecule has 11 heteroatoms. The molecule has 0 radical (unpaired) electrons. The van der Waals surface area contributed by atoms with Gasteiger partial charge in [0, 0.05) is 0 Å². The first-order chi connectivity index (χ1) is 15.0. The maximum Gasteiger partial charge on any atom is 0.434 e. The molecule has 5 nitrogen and oxygen atoms in total. The molecule has 0 aliphatic heterocycles. The summed E-state index contributed by atoms with van der Waals surface area (Å²) in [6.07, 6.45) is -8.49. The molecule has 0 bridgehead atoms. The van der Waals surface area contributed by atoms with Gasteiger partial charge in [-0.2, -0.15) is 31.4 Å². The maximum absolute atomic E-state index is 13.7. The van der Waals surface area contributed by atoms with E-state index in [2.05, 4.69) is 10.4 Å². The number of halogens is 6. The van der Waals surface area contributed by atoms with E-state index in [-0.39, 0.29) is 24.6 Å². The highest BCUT2D eigenvalue weighted by atomic mass is 19.4. The van der Waals surface area contributed by atoms with Gasteiger partial charge in [-0.25, -0.2) is 4.68 Å². The van der Waals surface area contributed by atoms with Crippen molar-refractivity contribution in [3.63, 3.8) is 0 Å². The van der Waals surface area contributed by atoms with E-state index < -0.39 is 35.1 Å². The summed E-state index contributed by atoms with van der Waals surface area (Å²) < 4.78 is 84.6. The fourth-order valence-electron chi connectivity index (χ4n) is 2.94. The van der Waals surface area contributed by atoms with E-state index >= 15 is 0 Å². The smallest absolute Gasteiger partial charge is 0.434 e. The van der Waals surface area contributed by atoms with Crippen LogP contribution in [0.5, 0.6) is 5.75 Å². The molecule has 3 rings (SSSR count). The number of amides is 1. The number of benzene rings is 2. The third-order valence-electron chi connectivity index (χ3n) is 4.46. The van der Waals surface area contributed by atoms with Crippen molar-refractivity contribution in [2.75, 3.05) is 13.2 Å². The zero-order valence-electron chi connectivity index (χ0n) is 16.6. The number of nitrogens with zero attached hydrogens (tertiary/aromatic N) is 2. The SMILES string of the molecule is Cc1ccccc1-n1ncc(C(=O)NCCOc2ccc(C(F)(F)F)cc2)c1C(F)(F)F. The summed E-state index contributed by atoms with van der Waals surface area (Å²) in [5, 5.41) is 6.05. The summed E-state index contributed by atoms with van der Waals surface area (Å²) in [7, 11) is 0. The molecule has 0 atom stereocenters. The number of hydrogen-bond acceptors (Lipinski definition) is 3. The van der Waals surface area contributed by atoms with Gasteiger partial charge in [-0.1, -0.05) is 18.2 Å². The predicted molar refractivity (Wildman–Crippen MR) is 103 cm³/mol. The fourth-order valence-corrected chi connectivity index (χ4v) is 2.94. The Labute approximate surface area is 178 Å². The number of para-hydroxylation sites is 1. The van der Waals surface area contributed by atoms with E-state index in [4.69, 9.17) is 4.74 Å². The number of aryl methyl sites for hydroxylation is 1. The van der Waals surface area contributed by atoms with E-state index in [0.717, 1.165) is 30.5 Å². The van der Waals surface area contributed by atoms with Crippen molar-refractivity contribution in [1.82, 2.24) is 15.1 Å². The number of carbonyl (C=O) groups excluding carboxylic acids is 1. The molecular weight excluding hydrogens is 440 g/mol. The molecule has 170 valence electrons. The molecule has 0 aliphatic rings. The second kappa shape index (κ2) is 8.93. The van der Waals surface area contributed by atoms with E-state index in [1.54, 1.807) is 25.1 Å². The van der Waals surface area contributed by atoms with Gasteiger partial charge in [-0.15, -0.1) is 0 Å². The van der Waals surface area contributed by atoms with Crippen LogP contribution in [-0.4, -0.2) is 28.8 Å². The van der Waals surface area contributed by atoms with E-state index in [1.165, 1.54) is 6.07 Å². The van der Waals surface area contributed by atoms with E-state index in [9.17, 15) is 31.1 Å². The standard InChI is InChI=1S/C21H17F6N3O2/c1-13-4-2-3-5-17(13)30-18(21(25,26)27)16(12-29-30)19(31)28-10-11-32-15-8-6-14(7-9-15)20(22,23)24/h2-9,12H,10-11H2,1H3,(H,28,31). The number of rotatable bonds is 6. The molecular formula is C21H17F6N3O2. The van der Waals surface area contributed by atoms with Crippen LogP contribution in [0.4, 0.5) is 26.3 Å². The van der Waals surface area contributed by atoms with Crippen LogP contribution in [0, 0.1) is 6.92 Å². The van der Waals surface area contributed by atoms with Gasteiger partial charge < -0.3 is 10.1 Å². The number of ether oxygens (including phenoxy) is 1. The molecule has 0 aliphatic carbocycles. The van der Waals surface area contributed by atoms with Crippen molar-refractivity contribution >= 4 is 5.91 Å². The summed E-state index contributed by atoms with van der Waals surface area (Å²) in [5.41, 5.74) is -1.99. The van der Waals surface area contributed by atoms with Crippen molar-refractivity contribution < 1.29 is 35.9 Å². The van der Waals surface area contributed by atoms with Crippen LogP contribution < -0.4 is 10.1 Å². The average Bonchev–Trinajstić information content (AvgIpc) is 3.17. The first-order valence-electron chi connectivity index (χ1n) is 9.28. The number of alkyl halides is 6. The molecule has 1 N–H and O–H groups in total. The van der Waals surface area contributed by atoms with Crippen LogP contribution in [0.15, 0.2) is 54.7 Å². The lowest BCUT2D eigenvalue weighted by atomic mass is 10.1. The third kappa shape index (κ3) is 5.21. The topological polar surface area (TPSA) is 56.2 Å². The summed E-state index contributed by atoms with van der Waals surface area (Å²) >= 11 is 0. The van der Waals surface area contributed by atoms with Crippen LogP contribution in [0.25, 0.3) is 5.69 Å². The maximum atomic E-state index is 13.7. The Balaban J connectivity index is 1.67. The van der Waals surface area contributed by atoms with Crippen molar-refractivity contribution in [1.29, 1.82) is 0 Å². The molecule has 2 aromatic carbocycles. The average molecular weight is 457 g/mol. The minimum absolute atomic E-state index is 0.121. The first kappa shape index (κ1) is 23.2. The lowest BCUT2D eigenvalue weighted by molar-refractivity contribution is -0.143. The molecule has 0 unspecified atom stereocenters. The lowest BCUT2D eigenvalue weighted by Crippen LogP contribution is -2.30. The molecule has 3 aromatic rings. The van der Waals surface area contributed by atoms with Gasteiger partial charge in [0.2, 0.25) is 0 Å². The van der Waals surface area contributed by atoms with Crippen LogP contribution in [0.2, 0.25) is 0 Å². The highest BCUT2D eigenvalue weighted by Crippen LogP contribution is 2.34. The zero-order chi connectivity index (χ0) is 23.5. The summed E-state index contributed by atoms with van der Waals surface area (Å²) in [5.74, 6) is -0.885. The van der Waals surface area contributed by atoms with Crippen molar-refractivity contribution in [3.8, 4) is 11.4 Å². The first-order valence-corrected chi connectivity index (χ1v) is 9.28. The Bertz CT molecular complexity index is 1090. The third-order valence-corrected chi connectivity index (χ3v) is 4.46. The lowest BCUT2D eigenvalue weighted by Gasteiger charge is -2.14. The van der Waals surface area contributed by atoms with Crippen LogP contribution in [-0.2, 0) is 12.4 Å². The molecule has 1 aromatic heterocycles. The Hall–Kier alpha value is -3.50. The minimum Gasteiger partial charge on any atom is -0.492 e. The van der Waals surface area contributed by atoms with E-state index in [1.807, 2.05) is 0 Å². The summed E-state index contributed by atoms with van der Waals surface area (Å²) in [4.78, 5) is 12.4. The number of aromatic nitrogens is 2. The summed E-state index contributed by atoms with van der Waals surface area (Å²) in [6, 6.07) is 10.2. The van der Waals surface area contributed by atoms with Gasteiger partial charge in [0.1, 0.15) is 12.4 Å². The Morgan fingerprint density at radius 2 is 1.66 bits per heavy atom. The molecule has 0 saturated heterocycles. The largest absolute Gasteiger partial charge is 0.492 e. The molecule has 1 amide bonds. The van der Waals surface area contributed by atoms with Gasteiger partial charge in [0.15, 0.2) is 5.69 Å². The Morgan fingerprint density at radius 1 is 1.00 bits per heavy atom. The minimum atomic E-state index is -4.85. The summed E-state index contributed by atoms with van der Waals surface area (Å²) in [6.45, 7) is 1.28. The Morgan fingerprint density at radius 3 is 2.25 bits per heavy atom. The monoisotopic (exact) mass is 457 g/mol. The number of hydrogen-bond donors (Lipinski definition) is 1. The fraction of sp³-hybridized carbons (Fsp3) is 0.238. The molecule has 0 saturated carbocycles. The van der Waals surface area contributed by atoms with Crippen LogP contribution >= 0.6 is 0 Å². The van der Waals surface area contributed by atoms with Crippen molar-refractivity contribution in [2.45, 2.75) is 19.3 Å². The van der Waals surface area contributed by atoms with Crippen molar-refractivity contribution in [2.24, 2.45) is 0 Å². The van der Waals surface area contributed by atoms with E-state index in [0.29, 0.717) is 10.2 Å². The molecule has 1 heterocycles. The zero-order valence-corrected chi connectivity index (χ0v) is 16.6. The quantitative estimate of drug-likeness (QED) is 0.418. The number of carbonyl (C=O) groups is 1. The predicted octanol–water partition coefficient (Wildman–Crippen LogP) is 5.03. The van der Waals surface area contributed by atoms with Gasteiger partial charge in [0.25, 0.3) is 5.91 Å². The second-order valence-corrected chi connectivity index (χ2v) is 6.73. The molecule has 32 heavy (non-hydrogen) atoms. The van der Waals surface area contributed by atoms with Gasteiger partial charge in [0.05, 0.1) is 29.6 Å². The highest BCUT2D eigenvalue weighted by Gasteiger charge is 2.40. The molecule has 0 fully saturated rings. The van der Waals surface area contributed by atoms with Crippen LogP contribution in [0.3, 0.4) is 0 Å². The highest BCUT2D eigenvalue weighted by molar-refractivity contribution is 5.95. The Kier molecular flexibility index (Phi) is 6.47. The number of nitrogens with one attached hydrogen (secondary N) is 1. The van der Waals surface area contributed by atoms with Gasteiger partial charge in [-0.05, 0) is 42.8 Å². The van der Waals surface area contributed by atoms with Crippen LogP contribution in [0.1, 0.15) is 27.2 Å². The van der Waals surface area contributed by atoms with Gasteiger partial charge >= 0.3 is 12.4 Å². The molecule has 0 spiro atoms.